The fourth-order valence-electron chi connectivity index (χ4n) is 2.24. The van der Waals surface area contributed by atoms with E-state index in [1.54, 1.807) is 0 Å². The lowest BCUT2D eigenvalue weighted by Crippen LogP contribution is -2.08. The van der Waals surface area contributed by atoms with E-state index in [1.165, 1.54) is 38.5 Å². The first-order valence-electron chi connectivity index (χ1n) is 7.92. The average molecular weight is 255 g/mol. The molecule has 0 aromatic rings. The highest BCUT2D eigenvalue weighted by atomic mass is 16.1. The Balaban J connectivity index is 3.26. The second kappa shape index (κ2) is 13.1. The van der Waals surface area contributed by atoms with Gasteiger partial charge in [-0.25, -0.2) is 0 Å². The molecule has 2 nitrogen and oxygen atoms in total. The van der Waals surface area contributed by atoms with Crippen LogP contribution < -0.4 is 5.73 Å². The first-order valence-corrected chi connectivity index (χ1v) is 7.92. The SMILES string of the molecule is CCCCCCCCCC(=O)CCC(C)CCN. The lowest BCUT2D eigenvalue weighted by Gasteiger charge is -2.08. The summed E-state index contributed by atoms with van der Waals surface area (Å²) < 4.78 is 0. The van der Waals surface area contributed by atoms with Crippen molar-refractivity contribution in [3.8, 4) is 0 Å². The Bertz CT molecular complexity index is 192. The summed E-state index contributed by atoms with van der Waals surface area (Å²) in [6.07, 6.45) is 12.6. The van der Waals surface area contributed by atoms with Crippen LogP contribution in [-0.4, -0.2) is 12.3 Å². The molecule has 0 bridgehead atoms. The number of carbonyl (C=O) groups is 1. The molecular formula is C16H33NO. The molecule has 0 radical (unpaired) electrons. The van der Waals surface area contributed by atoms with Crippen LogP contribution >= 0.6 is 0 Å². The topological polar surface area (TPSA) is 43.1 Å². The molecule has 0 saturated carbocycles. The molecule has 0 aromatic carbocycles. The number of hydrogen-bond donors (Lipinski definition) is 1. The molecule has 0 amide bonds. The molecule has 0 rings (SSSR count). The van der Waals surface area contributed by atoms with Gasteiger partial charge in [-0.15, -0.1) is 0 Å². The summed E-state index contributed by atoms with van der Waals surface area (Å²) in [7, 11) is 0. The van der Waals surface area contributed by atoms with Crippen LogP contribution in [-0.2, 0) is 4.79 Å². The van der Waals surface area contributed by atoms with Crippen LogP contribution in [0, 0.1) is 5.92 Å². The summed E-state index contributed by atoms with van der Waals surface area (Å²) in [6, 6.07) is 0. The Labute approximate surface area is 114 Å². The molecule has 0 aliphatic rings. The molecule has 18 heavy (non-hydrogen) atoms. The van der Waals surface area contributed by atoms with Crippen LogP contribution in [0.2, 0.25) is 0 Å². The van der Waals surface area contributed by atoms with Gasteiger partial charge in [0.15, 0.2) is 0 Å². The van der Waals surface area contributed by atoms with E-state index in [9.17, 15) is 4.79 Å². The smallest absolute Gasteiger partial charge is 0.132 e. The van der Waals surface area contributed by atoms with E-state index in [1.807, 2.05) is 0 Å². The summed E-state index contributed by atoms with van der Waals surface area (Å²) in [5, 5.41) is 0. The van der Waals surface area contributed by atoms with Gasteiger partial charge in [-0.2, -0.15) is 0 Å². The van der Waals surface area contributed by atoms with Crippen LogP contribution in [0.15, 0.2) is 0 Å². The van der Waals surface area contributed by atoms with Crippen molar-refractivity contribution in [3.05, 3.63) is 0 Å². The number of nitrogens with two attached hydrogens (primary N) is 1. The normalized spacial score (nSPS) is 12.6. The van der Waals surface area contributed by atoms with Gasteiger partial charge >= 0.3 is 0 Å². The summed E-state index contributed by atoms with van der Waals surface area (Å²) in [4.78, 5) is 11.7. The summed E-state index contributed by atoms with van der Waals surface area (Å²) in [5.41, 5.74) is 5.50. The van der Waals surface area contributed by atoms with Crippen LogP contribution in [0.3, 0.4) is 0 Å². The number of unbranched alkanes of at least 4 members (excludes halogenated alkanes) is 6. The van der Waals surface area contributed by atoms with E-state index < -0.39 is 0 Å². The third-order valence-corrected chi connectivity index (χ3v) is 3.63. The second-order valence-electron chi connectivity index (χ2n) is 5.63. The van der Waals surface area contributed by atoms with E-state index in [0.29, 0.717) is 11.7 Å². The standard InChI is InChI=1S/C16H33NO/c1-3-4-5-6-7-8-9-10-16(18)12-11-15(2)13-14-17/h15H,3-14,17H2,1-2H3. The minimum atomic E-state index is 0.451. The lowest BCUT2D eigenvalue weighted by molar-refractivity contribution is -0.119. The number of carbonyl (C=O) groups excluding carboxylic acids is 1. The first-order chi connectivity index (χ1) is 8.70. The first kappa shape index (κ1) is 17.6. The Hall–Kier alpha value is -0.370. The van der Waals surface area contributed by atoms with Crippen molar-refractivity contribution in [1.82, 2.24) is 0 Å². The molecule has 1 atom stereocenters. The van der Waals surface area contributed by atoms with Gasteiger partial charge in [0.25, 0.3) is 0 Å². The van der Waals surface area contributed by atoms with Crippen LogP contribution in [0.5, 0.6) is 0 Å². The van der Waals surface area contributed by atoms with E-state index in [-0.39, 0.29) is 0 Å². The highest BCUT2D eigenvalue weighted by Gasteiger charge is 2.06. The van der Waals surface area contributed by atoms with Gasteiger partial charge in [0.05, 0.1) is 0 Å². The van der Waals surface area contributed by atoms with Gasteiger partial charge in [-0.05, 0) is 31.7 Å². The predicted octanol–water partition coefficient (Wildman–Crippen LogP) is 4.46. The number of rotatable bonds is 13. The molecule has 0 saturated heterocycles. The zero-order valence-electron chi connectivity index (χ0n) is 12.5. The summed E-state index contributed by atoms with van der Waals surface area (Å²) in [6.45, 7) is 5.17. The van der Waals surface area contributed by atoms with Gasteiger partial charge in [-0.3, -0.25) is 4.79 Å². The maximum Gasteiger partial charge on any atom is 0.132 e. The van der Waals surface area contributed by atoms with Crippen molar-refractivity contribution in [2.24, 2.45) is 11.7 Å². The van der Waals surface area contributed by atoms with Gasteiger partial charge in [0.2, 0.25) is 0 Å². The van der Waals surface area contributed by atoms with Crippen molar-refractivity contribution >= 4 is 5.78 Å². The minimum absolute atomic E-state index is 0.451. The molecule has 0 aliphatic heterocycles. The van der Waals surface area contributed by atoms with Gasteiger partial charge in [-0.1, -0.05) is 52.4 Å². The number of ketones is 1. The van der Waals surface area contributed by atoms with E-state index in [0.717, 1.165) is 38.6 Å². The molecule has 0 heterocycles. The van der Waals surface area contributed by atoms with Crippen LogP contribution in [0.1, 0.15) is 84.5 Å². The second-order valence-corrected chi connectivity index (χ2v) is 5.63. The highest BCUT2D eigenvalue weighted by molar-refractivity contribution is 5.78. The van der Waals surface area contributed by atoms with Gasteiger partial charge in [0, 0.05) is 12.8 Å². The van der Waals surface area contributed by atoms with Crippen molar-refractivity contribution < 1.29 is 4.79 Å². The molecule has 0 spiro atoms. The van der Waals surface area contributed by atoms with Crippen molar-refractivity contribution in [2.75, 3.05) is 6.54 Å². The molecule has 2 N–H and O–H groups in total. The molecule has 1 unspecified atom stereocenters. The zero-order valence-corrected chi connectivity index (χ0v) is 12.5. The maximum atomic E-state index is 11.7. The third-order valence-electron chi connectivity index (χ3n) is 3.63. The molecule has 0 aliphatic carbocycles. The molecule has 2 heteroatoms. The number of Topliss-reactive ketones (excluding diaryl/α,β-unsaturated/α-hetero) is 1. The summed E-state index contributed by atoms with van der Waals surface area (Å²) in [5.74, 6) is 1.06. The summed E-state index contributed by atoms with van der Waals surface area (Å²) >= 11 is 0. The molecule has 108 valence electrons. The van der Waals surface area contributed by atoms with Crippen molar-refractivity contribution in [3.63, 3.8) is 0 Å². The molecular weight excluding hydrogens is 222 g/mol. The Morgan fingerprint density at radius 1 is 0.944 bits per heavy atom. The Kier molecular flexibility index (Phi) is 12.8. The lowest BCUT2D eigenvalue weighted by atomic mass is 9.98. The average Bonchev–Trinajstić information content (AvgIpc) is 2.35. The maximum absolute atomic E-state index is 11.7. The van der Waals surface area contributed by atoms with Crippen LogP contribution in [0.25, 0.3) is 0 Å². The van der Waals surface area contributed by atoms with E-state index >= 15 is 0 Å². The van der Waals surface area contributed by atoms with Crippen molar-refractivity contribution in [2.45, 2.75) is 84.5 Å². The fraction of sp³-hybridized carbons (Fsp3) is 0.938. The van der Waals surface area contributed by atoms with Crippen LogP contribution in [0.4, 0.5) is 0 Å². The largest absolute Gasteiger partial charge is 0.330 e. The minimum Gasteiger partial charge on any atom is -0.330 e. The molecule has 0 fully saturated rings. The fourth-order valence-corrected chi connectivity index (χ4v) is 2.24. The predicted molar refractivity (Wildman–Crippen MR) is 79.7 cm³/mol. The molecule has 0 aromatic heterocycles. The zero-order chi connectivity index (χ0) is 13.6. The quantitative estimate of drug-likeness (QED) is 0.494. The number of hydrogen-bond acceptors (Lipinski definition) is 2. The van der Waals surface area contributed by atoms with Gasteiger partial charge < -0.3 is 5.73 Å². The third kappa shape index (κ3) is 12.1. The highest BCUT2D eigenvalue weighted by Crippen LogP contribution is 2.13. The van der Waals surface area contributed by atoms with Crippen molar-refractivity contribution in [1.29, 1.82) is 0 Å². The Morgan fingerprint density at radius 2 is 1.56 bits per heavy atom. The van der Waals surface area contributed by atoms with E-state index in [4.69, 9.17) is 5.73 Å². The monoisotopic (exact) mass is 255 g/mol. The Morgan fingerprint density at radius 3 is 2.17 bits per heavy atom. The van der Waals surface area contributed by atoms with E-state index in [2.05, 4.69) is 13.8 Å². The van der Waals surface area contributed by atoms with Gasteiger partial charge in [0.1, 0.15) is 5.78 Å².